The average Bonchev–Trinajstić information content (AvgIpc) is 2.73. The van der Waals surface area contributed by atoms with Crippen LogP contribution >= 0.6 is 0 Å². The van der Waals surface area contributed by atoms with Crippen molar-refractivity contribution >= 4 is 5.91 Å². The molecule has 3 heteroatoms. The molecular weight excluding hydrogens is 176 g/mol. The van der Waals surface area contributed by atoms with E-state index in [1.165, 1.54) is 12.8 Å². The number of carbonyl (C=O) groups is 1. The van der Waals surface area contributed by atoms with Gasteiger partial charge in [0, 0.05) is 25.6 Å². The Balaban J connectivity index is 2.05. The van der Waals surface area contributed by atoms with Crippen LogP contribution in [0.1, 0.15) is 26.2 Å². The summed E-state index contributed by atoms with van der Waals surface area (Å²) in [6.07, 6.45) is 3.53. The number of rotatable bonds is 0. The van der Waals surface area contributed by atoms with E-state index in [1.54, 1.807) is 0 Å². The zero-order chi connectivity index (χ0) is 9.92. The molecule has 78 valence electrons. The maximum Gasteiger partial charge on any atom is 0.243 e. The van der Waals surface area contributed by atoms with Gasteiger partial charge < -0.3 is 4.90 Å². The lowest BCUT2D eigenvalue weighted by atomic mass is 9.86. The number of hydrogen-bond donors (Lipinski definition) is 0. The molecule has 0 N–H and O–H groups in total. The van der Waals surface area contributed by atoms with E-state index in [0.717, 1.165) is 19.5 Å². The Morgan fingerprint density at radius 1 is 1.50 bits per heavy atom. The summed E-state index contributed by atoms with van der Waals surface area (Å²) in [6, 6.07) is 0.625. The zero-order valence-electron chi connectivity index (χ0n) is 8.99. The number of likely N-dealkylation sites (N-methyl/N-ethyl adjacent to an activating group) is 1. The quantitative estimate of drug-likeness (QED) is 0.567. The highest BCUT2D eigenvalue weighted by atomic mass is 16.2. The molecule has 14 heavy (non-hydrogen) atoms. The van der Waals surface area contributed by atoms with Gasteiger partial charge in [0.05, 0.1) is 0 Å². The molecule has 3 heterocycles. The Hall–Kier alpha value is -0.570. The van der Waals surface area contributed by atoms with Crippen LogP contribution in [0.4, 0.5) is 0 Å². The maximum atomic E-state index is 12.2. The second-order valence-corrected chi connectivity index (χ2v) is 5.19. The highest BCUT2D eigenvalue weighted by Crippen LogP contribution is 2.50. The van der Waals surface area contributed by atoms with Gasteiger partial charge in [0.25, 0.3) is 0 Å². The number of nitrogens with zero attached hydrogens (tertiary/aromatic N) is 2. The Labute approximate surface area is 85.1 Å². The van der Waals surface area contributed by atoms with Gasteiger partial charge in [-0.1, -0.05) is 0 Å². The van der Waals surface area contributed by atoms with Crippen LogP contribution in [-0.2, 0) is 4.79 Å². The summed E-state index contributed by atoms with van der Waals surface area (Å²) < 4.78 is 0. The molecule has 1 amide bonds. The van der Waals surface area contributed by atoms with Gasteiger partial charge in [-0.3, -0.25) is 9.69 Å². The second kappa shape index (κ2) is 2.51. The number of hydrogen-bond acceptors (Lipinski definition) is 2. The summed E-state index contributed by atoms with van der Waals surface area (Å²) >= 11 is 0. The van der Waals surface area contributed by atoms with Crippen molar-refractivity contribution in [3.8, 4) is 0 Å². The molecule has 3 nitrogen and oxygen atoms in total. The highest BCUT2D eigenvalue weighted by Gasteiger charge is 2.63. The van der Waals surface area contributed by atoms with Crippen molar-refractivity contribution in [2.45, 2.75) is 37.8 Å². The van der Waals surface area contributed by atoms with Gasteiger partial charge in [0.1, 0.15) is 5.54 Å². The van der Waals surface area contributed by atoms with E-state index in [1.807, 2.05) is 11.9 Å². The van der Waals surface area contributed by atoms with Crippen LogP contribution in [0.2, 0.25) is 0 Å². The topological polar surface area (TPSA) is 23.6 Å². The van der Waals surface area contributed by atoms with Crippen LogP contribution in [0.5, 0.6) is 0 Å². The van der Waals surface area contributed by atoms with Crippen molar-refractivity contribution in [3.05, 3.63) is 0 Å². The minimum atomic E-state index is -0.0613. The lowest BCUT2D eigenvalue weighted by Crippen LogP contribution is -2.50. The van der Waals surface area contributed by atoms with Gasteiger partial charge in [-0.2, -0.15) is 0 Å². The average molecular weight is 194 g/mol. The number of amides is 1. The Morgan fingerprint density at radius 3 is 3.07 bits per heavy atom. The Morgan fingerprint density at radius 2 is 2.29 bits per heavy atom. The molecule has 3 rings (SSSR count). The Bertz CT molecular complexity index is 291. The largest absolute Gasteiger partial charge is 0.344 e. The third-order valence-corrected chi connectivity index (χ3v) is 4.51. The molecule has 3 aliphatic heterocycles. The predicted octanol–water partition coefficient (Wildman–Crippen LogP) is 0.701. The SMILES string of the molecule is CC1C[C@H]2CN(C)C(=O)[C@]23CCCN13. The van der Waals surface area contributed by atoms with Crippen molar-refractivity contribution in [1.29, 1.82) is 0 Å². The van der Waals surface area contributed by atoms with E-state index in [9.17, 15) is 4.79 Å². The van der Waals surface area contributed by atoms with Gasteiger partial charge in [0.2, 0.25) is 5.91 Å². The number of likely N-dealkylation sites (tertiary alicyclic amines) is 1. The first-order chi connectivity index (χ1) is 6.66. The molecule has 0 aromatic carbocycles. The summed E-state index contributed by atoms with van der Waals surface area (Å²) in [5, 5.41) is 0. The van der Waals surface area contributed by atoms with E-state index in [2.05, 4.69) is 11.8 Å². The van der Waals surface area contributed by atoms with E-state index >= 15 is 0 Å². The maximum absolute atomic E-state index is 12.2. The van der Waals surface area contributed by atoms with Crippen molar-refractivity contribution < 1.29 is 4.79 Å². The third kappa shape index (κ3) is 0.761. The first-order valence-corrected chi connectivity index (χ1v) is 5.68. The van der Waals surface area contributed by atoms with Crippen molar-refractivity contribution in [3.63, 3.8) is 0 Å². The van der Waals surface area contributed by atoms with Crippen LogP contribution in [0, 0.1) is 5.92 Å². The lowest BCUT2D eigenvalue weighted by Gasteiger charge is -2.31. The monoisotopic (exact) mass is 194 g/mol. The van der Waals surface area contributed by atoms with Crippen LogP contribution in [0.25, 0.3) is 0 Å². The van der Waals surface area contributed by atoms with E-state index < -0.39 is 0 Å². The van der Waals surface area contributed by atoms with Crippen LogP contribution in [0.15, 0.2) is 0 Å². The molecule has 1 unspecified atom stereocenters. The van der Waals surface area contributed by atoms with Crippen LogP contribution in [-0.4, -0.2) is 47.4 Å². The smallest absolute Gasteiger partial charge is 0.243 e. The third-order valence-electron chi connectivity index (χ3n) is 4.51. The number of carbonyl (C=O) groups excluding carboxylic acids is 1. The first kappa shape index (κ1) is 8.72. The summed E-state index contributed by atoms with van der Waals surface area (Å²) in [4.78, 5) is 16.6. The van der Waals surface area contributed by atoms with Gasteiger partial charge >= 0.3 is 0 Å². The second-order valence-electron chi connectivity index (χ2n) is 5.19. The van der Waals surface area contributed by atoms with Gasteiger partial charge in [-0.05, 0) is 32.7 Å². The molecule has 0 aliphatic carbocycles. The minimum absolute atomic E-state index is 0.0613. The van der Waals surface area contributed by atoms with Crippen molar-refractivity contribution in [2.24, 2.45) is 5.92 Å². The van der Waals surface area contributed by atoms with Crippen LogP contribution in [0.3, 0.4) is 0 Å². The van der Waals surface area contributed by atoms with Crippen LogP contribution < -0.4 is 0 Å². The summed E-state index contributed by atoms with van der Waals surface area (Å²) in [6.45, 7) is 4.40. The molecule has 3 fully saturated rings. The molecule has 3 atom stereocenters. The van der Waals surface area contributed by atoms with Gasteiger partial charge in [-0.15, -0.1) is 0 Å². The van der Waals surface area contributed by atoms with Crippen molar-refractivity contribution in [2.75, 3.05) is 20.1 Å². The summed E-state index contributed by atoms with van der Waals surface area (Å²) in [5.74, 6) is 1.00. The molecule has 3 aliphatic rings. The Kier molecular flexibility index (Phi) is 1.56. The summed E-state index contributed by atoms with van der Waals surface area (Å²) in [7, 11) is 1.95. The molecular formula is C11H18N2O. The molecule has 0 aromatic heterocycles. The molecule has 0 bridgehead atoms. The molecule has 3 saturated heterocycles. The lowest BCUT2D eigenvalue weighted by molar-refractivity contribution is -0.135. The molecule has 0 radical (unpaired) electrons. The fraction of sp³-hybridized carbons (Fsp3) is 0.909. The first-order valence-electron chi connectivity index (χ1n) is 5.68. The molecule has 0 saturated carbocycles. The van der Waals surface area contributed by atoms with E-state index in [4.69, 9.17) is 0 Å². The predicted molar refractivity (Wildman–Crippen MR) is 53.9 cm³/mol. The van der Waals surface area contributed by atoms with E-state index in [0.29, 0.717) is 17.9 Å². The van der Waals surface area contributed by atoms with Gasteiger partial charge in [-0.25, -0.2) is 0 Å². The normalized spacial score (nSPS) is 47.3. The van der Waals surface area contributed by atoms with Gasteiger partial charge in [0.15, 0.2) is 0 Å². The molecule has 0 aromatic rings. The van der Waals surface area contributed by atoms with Crippen molar-refractivity contribution in [1.82, 2.24) is 9.80 Å². The minimum Gasteiger partial charge on any atom is -0.344 e. The fourth-order valence-electron chi connectivity index (χ4n) is 4.02. The fourth-order valence-corrected chi connectivity index (χ4v) is 4.02. The summed E-state index contributed by atoms with van der Waals surface area (Å²) in [5.41, 5.74) is -0.0613. The highest BCUT2D eigenvalue weighted by molar-refractivity contribution is 5.90. The molecule has 1 spiro atoms. The van der Waals surface area contributed by atoms with E-state index in [-0.39, 0.29) is 5.54 Å². The zero-order valence-corrected chi connectivity index (χ0v) is 8.99. The standard InChI is InChI=1S/C11H18N2O/c1-8-6-9-7-12(2)10(14)11(9)4-3-5-13(8)11/h8-9H,3-7H2,1-2H3/t8?,9-,11-/m0/s1.